The number of nitrogens with zero attached hydrogens (tertiary/aromatic N) is 2. The molecule has 0 aromatic heterocycles. The maximum Gasteiger partial charge on any atom is 0.320 e. The number of unbranched alkanes of at least 4 members (excludes halogenated alkanes) is 2. The summed E-state index contributed by atoms with van der Waals surface area (Å²) in [5.74, 6) is -0.644. The van der Waals surface area contributed by atoms with Crippen molar-refractivity contribution in [3.63, 3.8) is 0 Å². The van der Waals surface area contributed by atoms with Gasteiger partial charge in [0, 0.05) is 17.8 Å². The highest BCUT2D eigenvalue weighted by Gasteiger charge is 2.29. The van der Waals surface area contributed by atoms with Gasteiger partial charge in [0.05, 0.1) is 4.92 Å². The highest BCUT2D eigenvalue weighted by molar-refractivity contribution is 5.73. The summed E-state index contributed by atoms with van der Waals surface area (Å²) in [5, 5.41) is 19.0. The molecule has 7 heteroatoms. The highest BCUT2D eigenvalue weighted by atomic mass is 16.6. The van der Waals surface area contributed by atoms with Gasteiger partial charge in [-0.05, 0) is 44.5 Å². The van der Waals surface area contributed by atoms with E-state index in [4.69, 9.17) is 10.8 Å². The lowest BCUT2D eigenvalue weighted by Gasteiger charge is -2.20. The number of nitrogen functional groups attached to an aromatic ring is 1. The molecule has 1 heterocycles. The molecule has 23 heavy (non-hydrogen) atoms. The molecule has 1 atom stereocenters. The first-order chi connectivity index (χ1) is 11.0. The van der Waals surface area contributed by atoms with Gasteiger partial charge in [-0.3, -0.25) is 19.8 Å². The Hall–Kier alpha value is -2.15. The summed E-state index contributed by atoms with van der Waals surface area (Å²) < 4.78 is 0. The molecule has 3 N–H and O–H groups in total. The Kier molecular flexibility index (Phi) is 8.04. The van der Waals surface area contributed by atoms with Gasteiger partial charge in [-0.1, -0.05) is 19.8 Å². The fraction of sp³-hybridized carbons (Fsp3) is 0.562. The van der Waals surface area contributed by atoms with E-state index in [-0.39, 0.29) is 11.7 Å². The molecule has 0 unspecified atom stereocenters. The molecule has 128 valence electrons. The third-order valence-corrected chi connectivity index (χ3v) is 3.80. The molecule has 1 aliphatic rings. The number of carboxylic acids is 1. The topological polar surface area (TPSA) is 110 Å². The Balaban J connectivity index is 0.000000238. The second kappa shape index (κ2) is 9.78. The molecule has 1 saturated heterocycles. The molecule has 0 saturated carbocycles. The van der Waals surface area contributed by atoms with Gasteiger partial charge in [-0.15, -0.1) is 0 Å². The lowest BCUT2D eigenvalue weighted by Crippen LogP contribution is -2.36. The van der Waals surface area contributed by atoms with E-state index < -0.39 is 10.9 Å². The van der Waals surface area contributed by atoms with Crippen molar-refractivity contribution < 1.29 is 14.8 Å². The number of likely N-dealkylation sites (tertiary alicyclic amines) is 1. The SMILES string of the molecule is CCCCCN1CCC[C@H]1C(=O)O.Nc1ccc([N+](=O)[O-])cc1. The quantitative estimate of drug-likeness (QED) is 0.360. The maximum absolute atomic E-state index is 10.8. The summed E-state index contributed by atoms with van der Waals surface area (Å²) in [6, 6.07) is 5.54. The minimum absolute atomic E-state index is 0.0641. The van der Waals surface area contributed by atoms with Crippen molar-refractivity contribution in [1.82, 2.24) is 4.90 Å². The summed E-state index contributed by atoms with van der Waals surface area (Å²) in [6.45, 7) is 4.10. The Labute approximate surface area is 136 Å². The Bertz CT molecular complexity index is 505. The van der Waals surface area contributed by atoms with Gasteiger partial charge in [0.15, 0.2) is 0 Å². The molecule has 0 spiro atoms. The Morgan fingerprint density at radius 1 is 1.39 bits per heavy atom. The summed E-state index contributed by atoms with van der Waals surface area (Å²) in [5.41, 5.74) is 5.90. The Morgan fingerprint density at radius 3 is 2.57 bits per heavy atom. The van der Waals surface area contributed by atoms with E-state index in [1.807, 2.05) is 0 Å². The lowest BCUT2D eigenvalue weighted by molar-refractivity contribution is -0.384. The second-order valence-corrected chi connectivity index (χ2v) is 5.59. The molecular formula is C16H25N3O4. The number of nitro benzene ring substituents is 1. The van der Waals surface area contributed by atoms with Crippen LogP contribution in [0.25, 0.3) is 0 Å². The average Bonchev–Trinajstić information content (AvgIpc) is 2.97. The summed E-state index contributed by atoms with van der Waals surface area (Å²) in [4.78, 5) is 22.5. The molecule has 0 radical (unpaired) electrons. The number of carboxylic acid groups (broad SMARTS) is 1. The van der Waals surface area contributed by atoms with Crippen LogP contribution in [0, 0.1) is 10.1 Å². The highest BCUT2D eigenvalue weighted by Crippen LogP contribution is 2.17. The van der Waals surface area contributed by atoms with Gasteiger partial charge >= 0.3 is 5.97 Å². The van der Waals surface area contributed by atoms with Crippen LogP contribution in [0.3, 0.4) is 0 Å². The minimum Gasteiger partial charge on any atom is -0.480 e. The van der Waals surface area contributed by atoms with E-state index in [0.717, 1.165) is 32.4 Å². The fourth-order valence-corrected chi connectivity index (χ4v) is 2.53. The van der Waals surface area contributed by atoms with Crippen molar-refractivity contribution in [3.05, 3.63) is 34.4 Å². The first-order valence-electron chi connectivity index (χ1n) is 7.92. The first kappa shape index (κ1) is 18.9. The molecule has 1 aliphatic heterocycles. The smallest absolute Gasteiger partial charge is 0.320 e. The lowest BCUT2D eigenvalue weighted by atomic mass is 10.2. The zero-order chi connectivity index (χ0) is 17.2. The number of hydrogen-bond donors (Lipinski definition) is 2. The van der Waals surface area contributed by atoms with E-state index >= 15 is 0 Å². The minimum atomic E-state index is -0.644. The predicted octanol–water partition coefficient (Wildman–Crippen LogP) is 2.90. The number of hydrogen-bond acceptors (Lipinski definition) is 5. The number of carbonyl (C=O) groups is 1. The van der Waals surface area contributed by atoms with Crippen molar-refractivity contribution in [3.8, 4) is 0 Å². The monoisotopic (exact) mass is 323 g/mol. The normalized spacial score (nSPS) is 17.3. The largest absolute Gasteiger partial charge is 0.480 e. The molecule has 1 fully saturated rings. The van der Waals surface area contributed by atoms with Crippen LogP contribution >= 0.6 is 0 Å². The molecule has 1 aromatic rings. The number of nitrogens with two attached hydrogens (primary N) is 1. The zero-order valence-corrected chi connectivity index (χ0v) is 13.5. The van der Waals surface area contributed by atoms with E-state index in [9.17, 15) is 14.9 Å². The first-order valence-corrected chi connectivity index (χ1v) is 7.92. The van der Waals surface area contributed by atoms with Crippen molar-refractivity contribution in [1.29, 1.82) is 0 Å². The fourth-order valence-electron chi connectivity index (χ4n) is 2.53. The number of anilines is 1. The summed E-state index contributed by atoms with van der Waals surface area (Å²) >= 11 is 0. The summed E-state index contributed by atoms with van der Waals surface area (Å²) in [7, 11) is 0. The average molecular weight is 323 g/mol. The van der Waals surface area contributed by atoms with Crippen LogP contribution in [0.4, 0.5) is 11.4 Å². The van der Waals surface area contributed by atoms with Crippen LogP contribution in [0.15, 0.2) is 24.3 Å². The van der Waals surface area contributed by atoms with E-state index in [0.29, 0.717) is 5.69 Å². The van der Waals surface area contributed by atoms with Crippen molar-refractivity contribution in [2.75, 3.05) is 18.8 Å². The van der Waals surface area contributed by atoms with Crippen molar-refractivity contribution in [2.45, 2.75) is 45.1 Å². The third-order valence-electron chi connectivity index (χ3n) is 3.80. The molecule has 0 aliphatic carbocycles. The van der Waals surface area contributed by atoms with Crippen LogP contribution in [0.1, 0.15) is 39.0 Å². The van der Waals surface area contributed by atoms with Crippen LogP contribution < -0.4 is 5.73 Å². The van der Waals surface area contributed by atoms with Crippen LogP contribution in [0.5, 0.6) is 0 Å². The van der Waals surface area contributed by atoms with E-state index in [2.05, 4.69) is 11.8 Å². The molecule has 7 nitrogen and oxygen atoms in total. The van der Waals surface area contributed by atoms with Gasteiger partial charge in [0.1, 0.15) is 6.04 Å². The van der Waals surface area contributed by atoms with Gasteiger partial charge in [0.2, 0.25) is 0 Å². The van der Waals surface area contributed by atoms with Gasteiger partial charge in [-0.25, -0.2) is 0 Å². The van der Waals surface area contributed by atoms with Crippen LogP contribution in [-0.2, 0) is 4.79 Å². The molecule has 0 bridgehead atoms. The second-order valence-electron chi connectivity index (χ2n) is 5.59. The van der Waals surface area contributed by atoms with Gasteiger partial charge in [0.25, 0.3) is 5.69 Å². The molecular weight excluding hydrogens is 298 g/mol. The van der Waals surface area contributed by atoms with Gasteiger partial charge < -0.3 is 10.8 Å². The Morgan fingerprint density at radius 2 is 2.04 bits per heavy atom. The number of aliphatic carboxylic acids is 1. The standard InChI is InChI=1S/C10H19NO2.C6H6N2O2/c1-2-3-4-7-11-8-5-6-9(11)10(12)13;7-5-1-3-6(4-2-5)8(9)10/h9H,2-8H2,1H3,(H,12,13);1-4H,7H2/t9-;/m0./s1. The van der Waals surface area contributed by atoms with Crippen molar-refractivity contribution >= 4 is 17.3 Å². The van der Waals surface area contributed by atoms with Gasteiger partial charge in [-0.2, -0.15) is 0 Å². The van der Waals surface area contributed by atoms with Crippen LogP contribution in [-0.4, -0.2) is 40.0 Å². The summed E-state index contributed by atoms with van der Waals surface area (Å²) in [6.07, 6.45) is 5.43. The van der Waals surface area contributed by atoms with Crippen LogP contribution in [0.2, 0.25) is 0 Å². The predicted molar refractivity (Wildman–Crippen MR) is 89.3 cm³/mol. The maximum atomic E-state index is 10.8. The molecule has 0 amide bonds. The van der Waals surface area contributed by atoms with E-state index in [1.54, 1.807) is 0 Å². The third kappa shape index (κ3) is 6.65. The number of nitro groups is 1. The molecule has 2 rings (SSSR count). The zero-order valence-electron chi connectivity index (χ0n) is 13.5. The number of rotatable bonds is 6. The number of non-ortho nitro benzene ring substituents is 1. The van der Waals surface area contributed by atoms with E-state index in [1.165, 1.54) is 37.1 Å². The number of benzene rings is 1. The molecule has 1 aromatic carbocycles. The van der Waals surface area contributed by atoms with Crippen molar-refractivity contribution in [2.24, 2.45) is 0 Å².